The second-order valence-corrected chi connectivity index (χ2v) is 9.51. The van der Waals surface area contributed by atoms with Crippen LogP contribution in [0.15, 0.2) is 36.7 Å². The highest BCUT2D eigenvalue weighted by Gasteiger charge is 2.44. The lowest BCUT2D eigenvalue weighted by molar-refractivity contribution is 0.0269. The summed E-state index contributed by atoms with van der Waals surface area (Å²) in [6, 6.07) is 6.39. The molecule has 3 fully saturated rings. The maximum atomic E-state index is 15.8. The summed E-state index contributed by atoms with van der Waals surface area (Å²) in [5, 5.41) is 3.12. The van der Waals surface area contributed by atoms with Gasteiger partial charge in [-0.25, -0.2) is 23.7 Å². The minimum absolute atomic E-state index is 0.0741. The molecule has 2 bridgehead atoms. The third kappa shape index (κ3) is 4.48. The van der Waals surface area contributed by atoms with Gasteiger partial charge in [0, 0.05) is 42.2 Å². The average molecular weight is 495 g/mol. The molecule has 3 aliphatic rings. The molecule has 0 spiro atoms. The van der Waals surface area contributed by atoms with Gasteiger partial charge in [-0.1, -0.05) is 0 Å². The fraction of sp³-hybridized carbons (Fsp3) is 0.385. The molecule has 10 heteroatoms. The predicted octanol–water partition coefficient (Wildman–Crippen LogP) is 3.82. The topological polar surface area (TPSA) is 106 Å². The lowest BCUT2D eigenvalue weighted by Gasteiger charge is -2.51. The summed E-state index contributed by atoms with van der Waals surface area (Å²) in [6.07, 6.45) is 6.43. The summed E-state index contributed by atoms with van der Waals surface area (Å²) < 4.78 is 35.4. The monoisotopic (exact) mass is 494 g/mol. The summed E-state index contributed by atoms with van der Waals surface area (Å²) in [7, 11) is 2.05. The smallest absolute Gasteiger partial charge is 0.254 e. The maximum absolute atomic E-state index is 15.8. The molecular weight excluding hydrogens is 466 g/mol. The molecule has 1 aliphatic carbocycles. The summed E-state index contributed by atoms with van der Waals surface area (Å²) in [5.41, 5.74) is 5.66. The van der Waals surface area contributed by atoms with Crippen molar-refractivity contribution in [3.8, 4) is 28.4 Å². The van der Waals surface area contributed by atoms with E-state index in [2.05, 4.69) is 32.2 Å². The molecule has 6 rings (SSSR count). The van der Waals surface area contributed by atoms with E-state index in [0.29, 0.717) is 36.3 Å². The van der Waals surface area contributed by atoms with Gasteiger partial charge in [-0.3, -0.25) is 4.79 Å². The van der Waals surface area contributed by atoms with E-state index in [9.17, 15) is 9.18 Å². The number of halogens is 2. The minimum atomic E-state index is -0.852. The van der Waals surface area contributed by atoms with Gasteiger partial charge in [-0.2, -0.15) is 0 Å². The highest BCUT2D eigenvalue weighted by molar-refractivity contribution is 5.97. The van der Waals surface area contributed by atoms with Crippen LogP contribution in [0.4, 0.5) is 14.6 Å². The average Bonchev–Trinajstić information content (AvgIpc) is 2.87. The molecule has 3 aromatic rings. The molecule has 5 heterocycles. The number of nitrogen functional groups attached to an aromatic ring is 1. The van der Waals surface area contributed by atoms with Crippen LogP contribution in [0.25, 0.3) is 22.5 Å². The van der Waals surface area contributed by atoms with Gasteiger partial charge in [-0.05, 0) is 57.9 Å². The van der Waals surface area contributed by atoms with Gasteiger partial charge in [0.25, 0.3) is 5.91 Å². The largest absolute Gasteiger partial charge is 0.478 e. The Hall–Kier alpha value is -3.66. The number of hydrogen-bond acceptors (Lipinski definition) is 7. The van der Waals surface area contributed by atoms with Gasteiger partial charge in [0.15, 0.2) is 17.5 Å². The first kappa shape index (κ1) is 24.1. The molecule has 1 saturated carbocycles. The number of carbonyl (C=O) groups is 1. The zero-order valence-corrected chi connectivity index (χ0v) is 20.2. The third-order valence-corrected chi connectivity index (χ3v) is 7.14. The number of rotatable bonds is 6. The lowest BCUT2D eigenvalue weighted by Crippen LogP contribution is -2.64. The van der Waals surface area contributed by atoms with Gasteiger partial charge >= 0.3 is 0 Å². The molecular formula is C26H28F2N6O2. The first-order valence-corrected chi connectivity index (χ1v) is 12.0. The van der Waals surface area contributed by atoms with E-state index in [1.807, 2.05) is 6.92 Å². The van der Waals surface area contributed by atoms with Gasteiger partial charge in [0.05, 0.1) is 23.4 Å². The highest BCUT2D eigenvalue weighted by Crippen LogP contribution is 2.38. The van der Waals surface area contributed by atoms with Gasteiger partial charge in [0.1, 0.15) is 5.69 Å². The Morgan fingerprint density at radius 2 is 1.94 bits per heavy atom. The number of anilines is 1. The van der Waals surface area contributed by atoms with Crippen LogP contribution in [-0.4, -0.2) is 57.5 Å². The van der Waals surface area contributed by atoms with E-state index >= 15 is 4.39 Å². The molecule has 3 aromatic heterocycles. The first-order valence-electron chi connectivity index (χ1n) is 12.0. The fourth-order valence-electron chi connectivity index (χ4n) is 5.21. The van der Waals surface area contributed by atoms with Crippen molar-refractivity contribution < 1.29 is 18.3 Å². The van der Waals surface area contributed by atoms with Crippen LogP contribution in [0.3, 0.4) is 0 Å². The lowest BCUT2D eigenvalue weighted by atomic mass is 9.74. The SMILES string of the molecule is CCOc1ccc(-c2cc(C(=O)NC34CCC(CC3)N(C)C4)c(F)c(-c3cnc(N)c(F)c3)n2)cn1. The summed E-state index contributed by atoms with van der Waals surface area (Å²) >= 11 is 0. The van der Waals surface area contributed by atoms with Crippen molar-refractivity contribution in [2.75, 3.05) is 25.9 Å². The Morgan fingerprint density at radius 1 is 1.19 bits per heavy atom. The van der Waals surface area contributed by atoms with Crippen LogP contribution in [0.1, 0.15) is 43.0 Å². The van der Waals surface area contributed by atoms with Crippen molar-refractivity contribution in [3.63, 3.8) is 0 Å². The summed E-state index contributed by atoms with van der Waals surface area (Å²) in [6.45, 7) is 3.03. The number of piperidine rings is 2. The van der Waals surface area contributed by atoms with Crippen LogP contribution < -0.4 is 15.8 Å². The van der Waals surface area contributed by atoms with E-state index in [1.165, 1.54) is 18.5 Å². The van der Waals surface area contributed by atoms with Gasteiger partial charge in [-0.15, -0.1) is 0 Å². The van der Waals surface area contributed by atoms with E-state index in [0.717, 1.165) is 31.7 Å². The Kier molecular flexibility index (Phi) is 6.29. The third-order valence-electron chi connectivity index (χ3n) is 7.14. The van der Waals surface area contributed by atoms with Crippen molar-refractivity contribution in [1.29, 1.82) is 0 Å². The number of aromatic nitrogens is 3. The quantitative estimate of drug-likeness (QED) is 0.537. The molecule has 0 aromatic carbocycles. The van der Waals surface area contributed by atoms with Crippen LogP contribution in [-0.2, 0) is 0 Å². The van der Waals surface area contributed by atoms with E-state index < -0.39 is 23.1 Å². The summed E-state index contributed by atoms with van der Waals surface area (Å²) in [5.74, 6) is -2.05. The zero-order valence-electron chi connectivity index (χ0n) is 20.2. The van der Waals surface area contributed by atoms with Crippen molar-refractivity contribution in [2.45, 2.75) is 44.2 Å². The van der Waals surface area contributed by atoms with Crippen molar-refractivity contribution in [2.24, 2.45) is 0 Å². The number of nitrogens with one attached hydrogen (secondary N) is 1. The zero-order chi connectivity index (χ0) is 25.4. The molecule has 0 atom stereocenters. The number of amides is 1. The highest BCUT2D eigenvalue weighted by atomic mass is 19.1. The maximum Gasteiger partial charge on any atom is 0.254 e. The van der Waals surface area contributed by atoms with E-state index in [1.54, 1.807) is 12.1 Å². The number of nitrogens with two attached hydrogens (primary N) is 1. The number of hydrogen-bond donors (Lipinski definition) is 2. The van der Waals surface area contributed by atoms with E-state index in [4.69, 9.17) is 10.5 Å². The first-order chi connectivity index (χ1) is 17.3. The molecule has 2 aliphatic heterocycles. The fourth-order valence-corrected chi connectivity index (χ4v) is 5.21. The molecule has 0 unspecified atom stereocenters. The van der Waals surface area contributed by atoms with Crippen molar-refractivity contribution in [3.05, 3.63) is 53.9 Å². The number of nitrogens with zero attached hydrogens (tertiary/aromatic N) is 4. The van der Waals surface area contributed by atoms with Crippen LogP contribution in [0.5, 0.6) is 5.88 Å². The number of fused-ring (bicyclic) bond motifs is 3. The van der Waals surface area contributed by atoms with Gasteiger partial charge < -0.3 is 20.7 Å². The molecule has 2 saturated heterocycles. The van der Waals surface area contributed by atoms with Crippen LogP contribution >= 0.6 is 0 Å². The van der Waals surface area contributed by atoms with Gasteiger partial charge in [0.2, 0.25) is 5.88 Å². The standard InChI is InChI=1S/C26H28F2N6O2/c1-3-36-21-5-4-15(12-30-21)20-11-18(22(28)23(32-20)16-10-19(27)24(29)31-13-16)25(35)33-26-8-6-17(7-9-26)34(2)14-26/h4-5,10-13,17H,3,6-9,14H2,1-2H3,(H2,29,31)(H,33,35). The number of likely N-dealkylation sites (N-methyl/N-ethyl adjacent to an activating group) is 1. The second kappa shape index (κ2) is 9.42. The summed E-state index contributed by atoms with van der Waals surface area (Å²) in [4.78, 5) is 28.2. The van der Waals surface area contributed by atoms with Crippen molar-refractivity contribution >= 4 is 11.7 Å². The number of pyridine rings is 3. The molecule has 0 radical (unpaired) electrons. The van der Waals surface area contributed by atoms with E-state index in [-0.39, 0.29) is 22.6 Å². The van der Waals surface area contributed by atoms with Crippen molar-refractivity contribution in [1.82, 2.24) is 25.2 Å². The van der Waals surface area contributed by atoms with Crippen LogP contribution in [0, 0.1) is 11.6 Å². The molecule has 8 nitrogen and oxygen atoms in total. The minimum Gasteiger partial charge on any atom is -0.478 e. The Bertz CT molecular complexity index is 1290. The second-order valence-electron chi connectivity index (χ2n) is 9.51. The molecule has 36 heavy (non-hydrogen) atoms. The Balaban J connectivity index is 1.57. The van der Waals surface area contributed by atoms with Crippen LogP contribution in [0.2, 0.25) is 0 Å². The Morgan fingerprint density at radius 3 is 2.58 bits per heavy atom. The Labute approximate surface area is 207 Å². The molecule has 188 valence electrons. The molecule has 1 amide bonds. The normalized spacial score (nSPS) is 21.4. The number of carbonyl (C=O) groups excluding carboxylic acids is 1. The number of ether oxygens (including phenoxy) is 1. The molecule has 3 N–H and O–H groups in total. The predicted molar refractivity (Wildman–Crippen MR) is 131 cm³/mol.